The Kier molecular flexibility index (Phi) is 6.22. The average Bonchev–Trinajstić information content (AvgIpc) is 2.94. The summed E-state index contributed by atoms with van der Waals surface area (Å²) >= 11 is 0. The van der Waals surface area contributed by atoms with Crippen LogP contribution in [0.1, 0.15) is 33.3 Å². The Hall–Kier alpha value is -3.28. The molecular weight excluding hydrogens is 368 g/mol. The van der Waals surface area contributed by atoms with Crippen LogP contribution < -0.4 is 14.8 Å². The van der Waals surface area contributed by atoms with Crippen molar-refractivity contribution >= 4 is 23.1 Å². The molecule has 0 atom stereocenters. The summed E-state index contributed by atoms with van der Waals surface area (Å²) in [5, 5.41) is 3.16. The number of carbonyl (C=O) groups is 2. The number of nitrogens with one attached hydrogen (secondary N) is 1. The lowest BCUT2D eigenvalue weighted by Crippen LogP contribution is -2.38. The number of anilines is 1. The van der Waals surface area contributed by atoms with Crippen LogP contribution in [0.15, 0.2) is 54.2 Å². The molecule has 0 radical (unpaired) electrons. The van der Waals surface area contributed by atoms with Gasteiger partial charge in [-0.05, 0) is 57.5 Å². The maximum absolute atomic E-state index is 13.1. The van der Waals surface area contributed by atoms with Crippen LogP contribution in [-0.2, 0) is 9.59 Å². The molecule has 6 nitrogen and oxygen atoms in total. The van der Waals surface area contributed by atoms with E-state index < -0.39 is 0 Å². The Bertz CT molecular complexity index is 932. The van der Waals surface area contributed by atoms with Gasteiger partial charge in [-0.15, -0.1) is 0 Å². The maximum Gasteiger partial charge on any atom is 0.278 e. The number of hydrogen-bond acceptors (Lipinski definition) is 5. The number of rotatable bonds is 8. The second-order valence-corrected chi connectivity index (χ2v) is 6.84. The van der Waals surface area contributed by atoms with Gasteiger partial charge in [-0.3, -0.25) is 14.5 Å². The summed E-state index contributed by atoms with van der Waals surface area (Å²) in [6, 6.07) is 14.3. The monoisotopic (exact) mass is 394 g/mol. The van der Waals surface area contributed by atoms with Crippen molar-refractivity contribution in [3.8, 4) is 11.5 Å². The van der Waals surface area contributed by atoms with E-state index in [0.717, 1.165) is 0 Å². The number of amides is 2. The van der Waals surface area contributed by atoms with Crippen molar-refractivity contribution in [2.45, 2.75) is 33.7 Å². The lowest BCUT2D eigenvalue weighted by atomic mass is 10.0. The fourth-order valence-electron chi connectivity index (χ4n) is 3.27. The molecule has 2 amide bonds. The molecule has 2 aromatic carbocycles. The number of ether oxygens (including phenoxy) is 2. The van der Waals surface area contributed by atoms with E-state index in [1.807, 2.05) is 52.0 Å². The van der Waals surface area contributed by atoms with Crippen molar-refractivity contribution in [1.29, 1.82) is 0 Å². The number of nitrogens with zero attached hydrogens (tertiary/aromatic N) is 1. The molecule has 0 aromatic heterocycles. The van der Waals surface area contributed by atoms with Gasteiger partial charge in [-0.1, -0.05) is 24.3 Å². The summed E-state index contributed by atoms with van der Waals surface area (Å²) < 4.78 is 11.1. The van der Waals surface area contributed by atoms with Crippen LogP contribution in [0, 0.1) is 0 Å². The van der Waals surface area contributed by atoms with Gasteiger partial charge in [-0.2, -0.15) is 0 Å². The van der Waals surface area contributed by atoms with E-state index in [-0.39, 0.29) is 23.6 Å². The van der Waals surface area contributed by atoms with Crippen LogP contribution in [-0.4, -0.2) is 36.0 Å². The van der Waals surface area contributed by atoms with E-state index >= 15 is 0 Å². The highest BCUT2D eigenvalue weighted by Gasteiger charge is 2.40. The Morgan fingerprint density at radius 1 is 0.897 bits per heavy atom. The highest BCUT2D eigenvalue weighted by Crippen LogP contribution is 2.34. The van der Waals surface area contributed by atoms with Crippen LogP contribution in [0.2, 0.25) is 0 Å². The Morgan fingerprint density at radius 2 is 1.55 bits per heavy atom. The van der Waals surface area contributed by atoms with Gasteiger partial charge >= 0.3 is 0 Å². The third-order valence-electron chi connectivity index (χ3n) is 4.53. The first-order valence-corrected chi connectivity index (χ1v) is 9.82. The molecule has 0 saturated carbocycles. The normalized spacial score (nSPS) is 14.0. The third kappa shape index (κ3) is 4.11. The smallest absolute Gasteiger partial charge is 0.278 e. The summed E-state index contributed by atoms with van der Waals surface area (Å²) in [6.07, 6.45) is 0. The summed E-state index contributed by atoms with van der Waals surface area (Å²) in [4.78, 5) is 27.5. The Labute approximate surface area is 171 Å². The average molecular weight is 394 g/mol. The highest BCUT2D eigenvalue weighted by atomic mass is 16.5. The lowest BCUT2D eigenvalue weighted by molar-refractivity contribution is -0.138. The van der Waals surface area contributed by atoms with Crippen molar-refractivity contribution in [2.75, 3.05) is 18.5 Å². The van der Waals surface area contributed by atoms with E-state index in [0.29, 0.717) is 41.5 Å². The lowest BCUT2D eigenvalue weighted by Gasteiger charge is -2.19. The fourth-order valence-corrected chi connectivity index (χ4v) is 3.27. The zero-order chi connectivity index (χ0) is 21.0. The molecule has 0 unspecified atom stereocenters. The second-order valence-electron chi connectivity index (χ2n) is 6.84. The number of hydrogen-bond donors (Lipinski definition) is 1. The predicted octanol–water partition coefficient (Wildman–Crippen LogP) is 4.08. The van der Waals surface area contributed by atoms with Gasteiger partial charge in [0, 0.05) is 6.04 Å². The molecule has 29 heavy (non-hydrogen) atoms. The zero-order valence-electron chi connectivity index (χ0n) is 17.2. The first kappa shape index (κ1) is 20.5. The molecule has 0 aliphatic carbocycles. The van der Waals surface area contributed by atoms with Crippen molar-refractivity contribution in [2.24, 2.45) is 0 Å². The summed E-state index contributed by atoms with van der Waals surface area (Å²) in [6.45, 7) is 8.50. The van der Waals surface area contributed by atoms with Crippen molar-refractivity contribution in [3.63, 3.8) is 0 Å². The molecule has 1 heterocycles. The van der Waals surface area contributed by atoms with Crippen LogP contribution in [0.3, 0.4) is 0 Å². The fraction of sp³-hybridized carbons (Fsp3) is 0.304. The number of imide groups is 1. The molecule has 6 heteroatoms. The molecule has 1 N–H and O–H groups in total. The molecule has 0 bridgehead atoms. The molecule has 152 valence electrons. The highest BCUT2D eigenvalue weighted by molar-refractivity contribution is 6.36. The molecule has 0 fully saturated rings. The molecule has 0 spiro atoms. The topological polar surface area (TPSA) is 67.9 Å². The summed E-state index contributed by atoms with van der Waals surface area (Å²) in [5.41, 5.74) is 1.89. The van der Waals surface area contributed by atoms with Crippen LogP contribution in [0.4, 0.5) is 5.69 Å². The van der Waals surface area contributed by atoms with Gasteiger partial charge in [0.25, 0.3) is 11.8 Å². The van der Waals surface area contributed by atoms with Crippen LogP contribution in [0.25, 0.3) is 5.57 Å². The van der Waals surface area contributed by atoms with E-state index in [9.17, 15) is 9.59 Å². The van der Waals surface area contributed by atoms with Gasteiger partial charge in [0.15, 0.2) is 0 Å². The minimum Gasteiger partial charge on any atom is -0.494 e. The van der Waals surface area contributed by atoms with E-state index in [2.05, 4.69) is 5.32 Å². The maximum atomic E-state index is 13.1. The molecule has 3 rings (SSSR count). The Morgan fingerprint density at radius 3 is 2.17 bits per heavy atom. The predicted molar refractivity (Wildman–Crippen MR) is 113 cm³/mol. The van der Waals surface area contributed by atoms with Crippen molar-refractivity contribution < 1.29 is 19.1 Å². The summed E-state index contributed by atoms with van der Waals surface area (Å²) in [5.74, 6) is 0.674. The van der Waals surface area contributed by atoms with Gasteiger partial charge in [0.05, 0.1) is 24.5 Å². The Balaban J connectivity index is 2.07. The first-order chi connectivity index (χ1) is 14.0. The largest absolute Gasteiger partial charge is 0.494 e. The third-order valence-corrected chi connectivity index (χ3v) is 4.53. The molecule has 1 aliphatic rings. The van der Waals surface area contributed by atoms with Gasteiger partial charge in [0.1, 0.15) is 17.2 Å². The zero-order valence-corrected chi connectivity index (χ0v) is 17.2. The molecule has 0 saturated heterocycles. The minimum atomic E-state index is -0.347. The van der Waals surface area contributed by atoms with E-state index in [4.69, 9.17) is 9.47 Å². The standard InChI is InChI=1S/C23H26N2O4/c1-5-28-17-13-11-16(12-14-17)20-21(23(27)25(15(3)4)22(20)26)24-18-9-7-8-10-19(18)29-6-2/h7-15,24H,5-6H2,1-4H3. The van der Waals surface area contributed by atoms with Gasteiger partial charge < -0.3 is 14.8 Å². The minimum absolute atomic E-state index is 0.250. The second kappa shape index (κ2) is 8.82. The quantitative estimate of drug-likeness (QED) is 0.683. The first-order valence-electron chi connectivity index (χ1n) is 9.82. The van der Waals surface area contributed by atoms with Crippen LogP contribution in [0.5, 0.6) is 11.5 Å². The summed E-state index contributed by atoms with van der Waals surface area (Å²) in [7, 11) is 0. The van der Waals surface area contributed by atoms with Crippen molar-refractivity contribution in [3.05, 3.63) is 59.8 Å². The molecule has 2 aromatic rings. The number of carbonyl (C=O) groups excluding carboxylic acids is 2. The SMILES string of the molecule is CCOc1ccc(C2=C(Nc3ccccc3OCC)C(=O)N(C(C)C)C2=O)cc1. The van der Waals surface area contributed by atoms with Gasteiger partial charge in [-0.25, -0.2) is 0 Å². The van der Waals surface area contributed by atoms with Gasteiger partial charge in [0.2, 0.25) is 0 Å². The molecular formula is C23H26N2O4. The van der Waals surface area contributed by atoms with Crippen molar-refractivity contribution in [1.82, 2.24) is 4.90 Å². The number of para-hydroxylation sites is 2. The number of benzene rings is 2. The van der Waals surface area contributed by atoms with E-state index in [1.165, 1.54) is 4.90 Å². The van der Waals surface area contributed by atoms with E-state index in [1.54, 1.807) is 24.3 Å². The van der Waals surface area contributed by atoms with Crippen LogP contribution >= 0.6 is 0 Å². The molecule has 1 aliphatic heterocycles.